The van der Waals surface area contributed by atoms with Crippen molar-refractivity contribution >= 4 is 11.8 Å². The van der Waals surface area contributed by atoms with Crippen LogP contribution in [0.2, 0.25) is 0 Å². The summed E-state index contributed by atoms with van der Waals surface area (Å²) in [6.07, 6.45) is 1.15. The Balaban J connectivity index is 2.68. The lowest BCUT2D eigenvalue weighted by molar-refractivity contribution is 0.000601. The molecule has 0 aromatic carbocycles. The van der Waals surface area contributed by atoms with Gasteiger partial charge in [-0.15, -0.1) is 0 Å². The summed E-state index contributed by atoms with van der Waals surface area (Å²) >= 11 is 0. The van der Waals surface area contributed by atoms with Crippen LogP contribution in [0.25, 0.3) is 0 Å². The van der Waals surface area contributed by atoms with Crippen LogP contribution in [0.1, 0.15) is 27.7 Å². The number of nitrogens with one attached hydrogen (secondary N) is 2. The largest absolute Gasteiger partial charge is 0.374 e. The molecule has 0 aliphatic carbocycles. The molecule has 0 saturated heterocycles. The number of ether oxygens (including phenoxy) is 1. The van der Waals surface area contributed by atoms with E-state index in [9.17, 15) is 4.39 Å². The van der Waals surface area contributed by atoms with Crippen molar-refractivity contribution in [3.8, 4) is 0 Å². The number of aromatic nitrogens is 2. The van der Waals surface area contributed by atoms with Crippen molar-refractivity contribution in [3.63, 3.8) is 0 Å². The average molecular weight is 256 g/mol. The van der Waals surface area contributed by atoms with Gasteiger partial charge in [-0.05, 0) is 27.7 Å². The molecule has 1 aromatic heterocycles. The molecular weight excluding hydrogens is 235 g/mol. The summed E-state index contributed by atoms with van der Waals surface area (Å²) in [5.41, 5.74) is -0.371. The highest BCUT2D eigenvalue weighted by Gasteiger charge is 2.18. The van der Waals surface area contributed by atoms with Crippen LogP contribution < -0.4 is 10.6 Å². The van der Waals surface area contributed by atoms with Crippen LogP contribution in [0.4, 0.5) is 16.2 Å². The average Bonchev–Trinajstić information content (AvgIpc) is 2.30. The van der Waals surface area contributed by atoms with Gasteiger partial charge in [-0.2, -0.15) is 4.98 Å². The molecule has 0 aliphatic heterocycles. The quantitative estimate of drug-likeness (QED) is 0.783. The molecule has 1 heterocycles. The maximum absolute atomic E-state index is 13.5. The van der Waals surface area contributed by atoms with Crippen LogP contribution in [-0.4, -0.2) is 35.3 Å². The molecule has 18 heavy (non-hydrogen) atoms. The van der Waals surface area contributed by atoms with E-state index in [0.29, 0.717) is 25.6 Å². The summed E-state index contributed by atoms with van der Waals surface area (Å²) in [4.78, 5) is 7.90. The van der Waals surface area contributed by atoms with Crippen molar-refractivity contribution in [2.24, 2.45) is 0 Å². The Hall–Kier alpha value is -1.43. The summed E-state index contributed by atoms with van der Waals surface area (Å²) in [6, 6.07) is 0. The minimum atomic E-state index is -0.469. The molecule has 0 spiro atoms. The van der Waals surface area contributed by atoms with Gasteiger partial charge in [0.2, 0.25) is 5.95 Å². The zero-order valence-electron chi connectivity index (χ0n) is 11.4. The lowest BCUT2D eigenvalue weighted by atomic mass is 10.1. The van der Waals surface area contributed by atoms with E-state index in [-0.39, 0.29) is 11.4 Å². The summed E-state index contributed by atoms with van der Waals surface area (Å²) in [7, 11) is 0. The number of halogens is 1. The third kappa shape index (κ3) is 4.44. The van der Waals surface area contributed by atoms with Crippen LogP contribution in [-0.2, 0) is 4.74 Å². The molecule has 0 radical (unpaired) electrons. The first-order chi connectivity index (χ1) is 8.48. The second-order valence-electron chi connectivity index (χ2n) is 4.47. The van der Waals surface area contributed by atoms with Gasteiger partial charge in [-0.25, -0.2) is 9.37 Å². The third-order valence-electron chi connectivity index (χ3n) is 2.30. The van der Waals surface area contributed by atoms with Gasteiger partial charge >= 0.3 is 0 Å². The zero-order chi connectivity index (χ0) is 13.6. The molecule has 1 aromatic rings. The first-order valence-corrected chi connectivity index (χ1v) is 6.12. The summed E-state index contributed by atoms with van der Waals surface area (Å²) in [5.74, 6) is 0.133. The van der Waals surface area contributed by atoms with Crippen LogP contribution >= 0.6 is 0 Å². The fourth-order valence-electron chi connectivity index (χ4n) is 1.47. The summed E-state index contributed by atoms with van der Waals surface area (Å²) < 4.78 is 19.0. The number of hydrogen-bond donors (Lipinski definition) is 2. The van der Waals surface area contributed by atoms with Gasteiger partial charge in [-0.3, -0.25) is 0 Å². The summed E-state index contributed by atoms with van der Waals surface area (Å²) in [6.45, 7) is 9.51. The zero-order valence-corrected chi connectivity index (χ0v) is 11.4. The van der Waals surface area contributed by atoms with E-state index in [1.54, 1.807) is 0 Å². The molecule has 102 valence electrons. The van der Waals surface area contributed by atoms with Crippen LogP contribution in [0, 0.1) is 5.82 Å². The van der Waals surface area contributed by atoms with Crippen molar-refractivity contribution in [3.05, 3.63) is 12.0 Å². The molecule has 2 N–H and O–H groups in total. The highest BCUT2D eigenvalue weighted by Crippen LogP contribution is 2.15. The lowest BCUT2D eigenvalue weighted by Crippen LogP contribution is -2.33. The van der Waals surface area contributed by atoms with Crippen molar-refractivity contribution in [1.29, 1.82) is 0 Å². The first-order valence-electron chi connectivity index (χ1n) is 6.12. The fourth-order valence-corrected chi connectivity index (χ4v) is 1.47. The van der Waals surface area contributed by atoms with Gasteiger partial charge in [0.1, 0.15) is 0 Å². The van der Waals surface area contributed by atoms with E-state index in [4.69, 9.17) is 4.74 Å². The Morgan fingerprint density at radius 1 is 1.33 bits per heavy atom. The maximum Gasteiger partial charge on any atom is 0.224 e. The van der Waals surface area contributed by atoms with Gasteiger partial charge in [0.15, 0.2) is 11.6 Å². The monoisotopic (exact) mass is 256 g/mol. The SMILES string of the molecule is CCNc1ncc(F)c(NCC(C)(C)OCC)n1. The van der Waals surface area contributed by atoms with E-state index >= 15 is 0 Å². The highest BCUT2D eigenvalue weighted by molar-refractivity contribution is 5.41. The first kappa shape index (κ1) is 14.6. The van der Waals surface area contributed by atoms with Crippen LogP contribution in [0.3, 0.4) is 0 Å². The molecule has 0 amide bonds. The topological polar surface area (TPSA) is 59.1 Å². The van der Waals surface area contributed by atoms with E-state index in [1.807, 2.05) is 27.7 Å². The summed E-state index contributed by atoms with van der Waals surface area (Å²) in [5, 5.41) is 5.88. The second kappa shape index (κ2) is 6.49. The molecular formula is C12H21FN4O. The molecule has 6 heteroatoms. The predicted octanol–water partition coefficient (Wildman–Crippen LogP) is 2.27. The van der Waals surface area contributed by atoms with Crippen molar-refractivity contribution in [2.75, 3.05) is 30.3 Å². The molecule has 1 rings (SSSR count). The van der Waals surface area contributed by atoms with Crippen molar-refractivity contribution in [2.45, 2.75) is 33.3 Å². The third-order valence-corrected chi connectivity index (χ3v) is 2.30. The van der Waals surface area contributed by atoms with Crippen LogP contribution in [0.15, 0.2) is 6.20 Å². The number of hydrogen-bond acceptors (Lipinski definition) is 5. The van der Waals surface area contributed by atoms with Gasteiger partial charge in [0, 0.05) is 19.7 Å². The number of anilines is 2. The molecule has 0 bridgehead atoms. The van der Waals surface area contributed by atoms with Crippen LogP contribution in [0.5, 0.6) is 0 Å². The van der Waals surface area contributed by atoms with Crippen molar-refractivity contribution in [1.82, 2.24) is 9.97 Å². The Bertz CT molecular complexity index is 384. The van der Waals surface area contributed by atoms with E-state index < -0.39 is 5.82 Å². The van der Waals surface area contributed by atoms with E-state index in [1.165, 1.54) is 0 Å². The fraction of sp³-hybridized carbons (Fsp3) is 0.667. The Morgan fingerprint density at radius 3 is 2.67 bits per heavy atom. The molecule has 5 nitrogen and oxygen atoms in total. The van der Waals surface area contributed by atoms with Gasteiger partial charge in [0.05, 0.1) is 11.8 Å². The Kier molecular flexibility index (Phi) is 5.27. The number of rotatable bonds is 7. The molecule has 0 fully saturated rings. The Morgan fingerprint density at radius 2 is 2.06 bits per heavy atom. The predicted molar refractivity (Wildman–Crippen MR) is 70.3 cm³/mol. The molecule has 0 unspecified atom stereocenters. The minimum absolute atomic E-state index is 0.189. The normalized spacial score (nSPS) is 11.4. The van der Waals surface area contributed by atoms with E-state index in [0.717, 1.165) is 6.20 Å². The minimum Gasteiger partial charge on any atom is -0.374 e. The molecule has 0 aliphatic rings. The standard InChI is InChI=1S/C12H21FN4O/c1-5-14-11-15-7-9(13)10(17-11)16-8-12(3,4)18-6-2/h7H,5-6,8H2,1-4H3,(H2,14,15,16,17). The van der Waals surface area contributed by atoms with Gasteiger partial charge in [-0.1, -0.05) is 0 Å². The molecule has 0 saturated carbocycles. The van der Waals surface area contributed by atoms with E-state index in [2.05, 4.69) is 20.6 Å². The molecule has 0 atom stereocenters. The second-order valence-corrected chi connectivity index (χ2v) is 4.47. The van der Waals surface area contributed by atoms with Crippen molar-refractivity contribution < 1.29 is 9.13 Å². The smallest absolute Gasteiger partial charge is 0.224 e. The lowest BCUT2D eigenvalue weighted by Gasteiger charge is -2.25. The van der Waals surface area contributed by atoms with Gasteiger partial charge in [0.25, 0.3) is 0 Å². The van der Waals surface area contributed by atoms with Gasteiger partial charge < -0.3 is 15.4 Å². The number of nitrogens with zero attached hydrogens (tertiary/aromatic N) is 2. The highest BCUT2D eigenvalue weighted by atomic mass is 19.1. The Labute approximate surface area is 107 Å². The maximum atomic E-state index is 13.5.